The summed E-state index contributed by atoms with van der Waals surface area (Å²) in [4.78, 5) is 25.2. The number of likely N-dealkylation sites (N-methyl/N-ethyl adjacent to an activating group) is 1. The van der Waals surface area contributed by atoms with Gasteiger partial charge in [0.1, 0.15) is 0 Å². The van der Waals surface area contributed by atoms with Crippen LogP contribution in [0.4, 0.5) is 0 Å². The van der Waals surface area contributed by atoms with Gasteiger partial charge in [0.15, 0.2) is 0 Å². The van der Waals surface area contributed by atoms with E-state index < -0.39 is 11.9 Å². The molecular weight excluding hydrogens is 184 g/mol. The molecule has 1 rings (SSSR count). The molecule has 1 fully saturated rings. The first-order chi connectivity index (χ1) is 6.56. The van der Waals surface area contributed by atoms with E-state index in [9.17, 15) is 9.59 Å². The zero-order valence-corrected chi connectivity index (χ0v) is 8.56. The highest BCUT2D eigenvalue weighted by molar-refractivity contribution is 6.31. The van der Waals surface area contributed by atoms with Gasteiger partial charge in [0.25, 0.3) is 0 Å². The van der Waals surface area contributed by atoms with Crippen LogP contribution >= 0.6 is 0 Å². The summed E-state index contributed by atoms with van der Waals surface area (Å²) in [6.07, 6.45) is 0.930. The van der Waals surface area contributed by atoms with Crippen LogP contribution < -0.4 is 0 Å². The minimum atomic E-state index is -1.36. The Kier molecular flexibility index (Phi) is 3.46. The quantitative estimate of drug-likeness (QED) is 0.586. The second-order valence-corrected chi connectivity index (χ2v) is 3.60. The largest absolute Gasteiger partial charge is 0.474 e. The molecule has 1 heterocycles. The predicted molar refractivity (Wildman–Crippen MR) is 50.9 cm³/mol. The number of carboxylic acids is 1. The van der Waals surface area contributed by atoms with Crippen LogP contribution in [0.3, 0.4) is 0 Å². The molecule has 0 aromatic carbocycles. The van der Waals surface area contributed by atoms with Gasteiger partial charge in [0, 0.05) is 25.7 Å². The fraction of sp³-hybridized carbons (Fsp3) is 0.778. The molecule has 0 aromatic heterocycles. The van der Waals surface area contributed by atoms with Gasteiger partial charge in [0.2, 0.25) is 0 Å². The summed E-state index contributed by atoms with van der Waals surface area (Å²) in [5, 5.41) is 8.55. The molecular formula is C9H16N2O3. The van der Waals surface area contributed by atoms with Crippen molar-refractivity contribution in [2.75, 3.05) is 26.7 Å². The SMILES string of the molecule is CCC1CN(C(=O)C(=O)O)CCN1C. The molecule has 14 heavy (non-hydrogen) atoms. The van der Waals surface area contributed by atoms with Crippen molar-refractivity contribution in [2.24, 2.45) is 0 Å². The van der Waals surface area contributed by atoms with E-state index in [0.29, 0.717) is 13.1 Å². The Morgan fingerprint density at radius 1 is 1.43 bits per heavy atom. The summed E-state index contributed by atoms with van der Waals surface area (Å²) in [5.41, 5.74) is 0. The molecule has 5 heteroatoms. The van der Waals surface area contributed by atoms with Gasteiger partial charge in [-0.1, -0.05) is 6.92 Å². The maximum Gasteiger partial charge on any atom is 0.394 e. The highest BCUT2D eigenvalue weighted by atomic mass is 16.4. The lowest BCUT2D eigenvalue weighted by Gasteiger charge is -2.38. The molecule has 0 saturated carbocycles. The van der Waals surface area contributed by atoms with Crippen molar-refractivity contribution < 1.29 is 14.7 Å². The molecule has 1 saturated heterocycles. The van der Waals surface area contributed by atoms with E-state index in [1.54, 1.807) is 0 Å². The van der Waals surface area contributed by atoms with Crippen molar-refractivity contribution in [2.45, 2.75) is 19.4 Å². The maximum absolute atomic E-state index is 11.2. The molecule has 0 aromatic rings. The smallest absolute Gasteiger partial charge is 0.394 e. The number of carboxylic acid groups (broad SMARTS) is 1. The number of carbonyl (C=O) groups is 2. The standard InChI is InChI=1S/C9H16N2O3/c1-3-7-6-11(5-4-10(7)2)8(12)9(13)14/h7H,3-6H2,1-2H3,(H,13,14). The number of carbonyl (C=O) groups excluding carboxylic acids is 1. The minimum Gasteiger partial charge on any atom is -0.474 e. The van der Waals surface area contributed by atoms with E-state index in [1.165, 1.54) is 4.90 Å². The average Bonchev–Trinajstić information content (AvgIpc) is 2.17. The third kappa shape index (κ3) is 2.23. The lowest BCUT2D eigenvalue weighted by molar-refractivity contribution is -0.157. The molecule has 0 radical (unpaired) electrons. The highest BCUT2D eigenvalue weighted by Crippen LogP contribution is 2.10. The Labute approximate surface area is 83.3 Å². The zero-order chi connectivity index (χ0) is 10.7. The van der Waals surface area contributed by atoms with Gasteiger partial charge in [-0.15, -0.1) is 0 Å². The number of nitrogens with zero attached hydrogens (tertiary/aromatic N) is 2. The first kappa shape index (κ1) is 11.0. The fourth-order valence-electron chi connectivity index (χ4n) is 1.71. The van der Waals surface area contributed by atoms with Crippen LogP contribution in [0.15, 0.2) is 0 Å². The van der Waals surface area contributed by atoms with Crippen molar-refractivity contribution in [1.29, 1.82) is 0 Å². The molecule has 0 bridgehead atoms. The van der Waals surface area contributed by atoms with Gasteiger partial charge in [-0.3, -0.25) is 9.69 Å². The summed E-state index contributed by atoms with van der Waals surface area (Å²) >= 11 is 0. The summed E-state index contributed by atoms with van der Waals surface area (Å²) < 4.78 is 0. The summed E-state index contributed by atoms with van der Waals surface area (Å²) in [6.45, 7) is 3.82. The number of amides is 1. The minimum absolute atomic E-state index is 0.284. The van der Waals surface area contributed by atoms with Gasteiger partial charge in [-0.05, 0) is 13.5 Å². The number of aliphatic carboxylic acids is 1. The third-order valence-electron chi connectivity index (χ3n) is 2.72. The molecule has 1 unspecified atom stereocenters. The van der Waals surface area contributed by atoms with Crippen LogP contribution in [-0.4, -0.2) is 59.5 Å². The molecule has 80 valence electrons. The van der Waals surface area contributed by atoms with Gasteiger partial charge in [0.05, 0.1) is 0 Å². The monoisotopic (exact) mass is 200 g/mol. The van der Waals surface area contributed by atoms with E-state index in [0.717, 1.165) is 13.0 Å². The summed E-state index contributed by atoms with van der Waals surface area (Å²) in [6, 6.07) is 0.284. The number of hydrogen-bond acceptors (Lipinski definition) is 3. The van der Waals surface area contributed by atoms with Crippen molar-refractivity contribution in [3.8, 4) is 0 Å². The molecule has 1 aliphatic heterocycles. The van der Waals surface area contributed by atoms with Gasteiger partial charge >= 0.3 is 11.9 Å². The first-order valence-corrected chi connectivity index (χ1v) is 4.78. The first-order valence-electron chi connectivity index (χ1n) is 4.78. The predicted octanol–water partition coefficient (Wildman–Crippen LogP) is -0.376. The molecule has 1 amide bonds. The Morgan fingerprint density at radius 3 is 2.57 bits per heavy atom. The number of rotatable bonds is 1. The summed E-state index contributed by atoms with van der Waals surface area (Å²) in [7, 11) is 2.00. The maximum atomic E-state index is 11.2. The third-order valence-corrected chi connectivity index (χ3v) is 2.72. The van der Waals surface area contributed by atoms with E-state index in [1.807, 2.05) is 14.0 Å². The second-order valence-electron chi connectivity index (χ2n) is 3.60. The second kappa shape index (κ2) is 4.41. The summed E-state index contributed by atoms with van der Waals surface area (Å²) in [5.74, 6) is -2.14. The zero-order valence-electron chi connectivity index (χ0n) is 8.56. The van der Waals surface area contributed by atoms with Gasteiger partial charge in [-0.25, -0.2) is 4.79 Å². The average molecular weight is 200 g/mol. The normalized spacial score (nSPS) is 23.6. The van der Waals surface area contributed by atoms with E-state index in [4.69, 9.17) is 5.11 Å². The van der Waals surface area contributed by atoms with Gasteiger partial charge in [-0.2, -0.15) is 0 Å². The fourth-order valence-corrected chi connectivity index (χ4v) is 1.71. The van der Waals surface area contributed by atoms with Crippen molar-refractivity contribution in [1.82, 2.24) is 9.80 Å². The Hall–Kier alpha value is -1.10. The van der Waals surface area contributed by atoms with Crippen molar-refractivity contribution >= 4 is 11.9 Å². The Balaban J connectivity index is 2.58. The van der Waals surface area contributed by atoms with Crippen LogP contribution in [0, 0.1) is 0 Å². The van der Waals surface area contributed by atoms with Crippen LogP contribution in [0.2, 0.25) is 0 Å². The number of hydrogen-bond donors (Lipinski definition) is 1. The van der Waals surface area contributed by atoms with Crippen molar-refractivity contribution in [3.05, 3.63) is 0 Å². The van der Waals surface area contributed by atoms with Gasteiger partial charge < -0.3 is 10.0 Å². The van der Waals surface area contributed by atoms with Crippen LogP contribution in [0.25, 0.3) is 0 Å². The van der Waals surface area contributed by atoms with E-state index in [2.05, 4.69) is 4.90 Å². The molecule has 0 aliphatic carbocycles. The molecule has 1 aliphatic rings. The van der Waals surface area contributed by atoms with Crippen LogP contribution in [-0.2, 0) is 9.59 Å². The highest BCUT2D eigenvalue weighted by Gasteiger charge is 2.29. The van der Waals surface area contributed by atoms with E-state index >= 15 is 0 Å². The number of piperazine rings is 1. The Bertz CT molecular complexity index is 242. The van der Waals surface area contributed by atoms with Crippen LogP contribution in [0.5, 0.6) is 0 Å². The van der Waals surface area contributed by atoms with Crippen LogP contribution in [0.1, 0.15) is 13.3 Å². The van der Waals surface area contributed by atoms with Crippen molar-refractivity contribution in [3.63, 3.8) is 0 Å². The Morgan fingerprint density at radius 2 is 2.07 bits per heavy atom. The lowest BCUT2D eigenvalue weighted by Crippen LogP contribution is -2.54. The molecule has 5 nitrogen and oxygen atoms in total. The molecule has 0 spiro atoms. The van der Waals surface area contributed by atoms with E-state index in [-0.39, 0.29) is 6.04 Å². The lowest BCUT2D eigenvalue weighted by atomic mass is 10.1. The molecule has 1 atom stereocenters. The topological polar surface area (TPSA) is 60.9 Å². The molecule has 1 N–H and O–H groups in total.